The van der Waals surface area contributed by atoms with Crippen LogP contribution in [0.2, 0.25) is 0 Å². The summed E-state index contributed by atoms with van der Waals surface area (Å²) in [4.78, 5) is 21.3. The van der Waals surface area contributed by atoms with Crippen LogP contribution in [-0.2, 0) is 6.54 Å². The monoisotopic (exact) mass is 399 g/mol. The Bertz CT molecular complexity index is 1210. The van der Waals surface area contributed by atoms with Gasteiger partial charge in [-0.3, -0.25) is 9.36 Å². The number of fused-ring (bicyclic) bond motifs is 1. The van der Waals surface area contributed by atoms with E-state index in [1.54, 1.807) is 6.07 Å². The minimum Gasteiger partial charge on any atom is -0.366 e. The Balaban J connectivity index is 1.79. The van der Waals surface area contributed by atoms with Crippen LogP contribution >= 0.6 is 0 Å². The number of nitrogens with zero attached hydrogens (tertiary/aromatic N) is 3. The molecule has 0 aliphatic carbocycles. The Labute approximate surface area is 175 Å². The van der Waals surface area contributed by atoms with Gasteiger partial charge in [-0.15, -0.1) is 0 Å². The molecule has 2 aromatic carbocycles. The molecule has 0 spiro atoms. The first-order chi connectivity index (χ1) is 14.5. The number of nitrogens with two attached hydrogens (primary N) is 1. The average Bonchev–Trinajstić information content (AvgIpc) is 3.08. The van der Waals surface area contributed by atoms with Crippen LogP contribution in [0.5, 0.6) is 0 Å². The fraction of sp³-hybridized carbons (Fsp3) is 0.208. The van der Waals surface area contributed by atoms with Crippen molar-refractivity contribution in [3.05, 3.63) is 83.2 Å². The molecular formula is C24H25N5O. The maximum absolute atomic E-state index is 11.8. The number of nitrogens with one attached hydrogen (secondary N) is 1. The molecule has 0 bridgehead atoms. The molecule has 30 heavy (non-hydrogen) atoms. The lowest BCUT2D eigenvalue weighted by Crippen LogP contribution is -2.12. The van der Waals surface area contributed by atoms with Crippen LogP contribution in [0.4, 0.5) is 5.82 Å². The van der Waals surface area contributed by atoms with Gasteiger partial charge < -0.3 is 11.1 Å². The van der Waals surface area contributed by atoms with Crippen LogP contribution in [0.1, 0.15) is 46.9 Å². The molecule has 0 aliphatic rings. The van der Waals surface area contributed by atoms with E-state index in [9.17, 15) is 4.79 Å². The zero-order chi connectivity index (χ0) is 21.3. The minimum absolute atomic E-state index is 0.279. The van der Waals surface area contributed by atoms with Crippen molar-refractivity contribution < 1.29 is 4.79 Å². The van der Waals surface area contributed by atoms with Gasteiger partial charge in [0.1, 0.15) is 5.82 Å². The average molecular weight is 399 g/mol. The van der Waals surface area contributed by atoms with Crippen molar-refractivity contribution in [3.63, 3.8) is 0 Å². The maximum Gasteiger partial charge on any atom is 0.249 e. The molecule has 0 atom stereocenters. The third kappa shape index (κ3) is 3.64. The Morgan fingerprint density at radius 1 is 1.13 bits per heavy atom. The maximum atomic E-state index is 11.8. The van der Waals surface area contributed by atoms with E-state index in [-0.39, 0.29) is 5.92 Å². The third-order valence-corrected chi connectivity index (χ3v) is 5.22. The number of carbonyl (C=O) groups is 1. The van der Waals surface area contributed by atoms with Crippen molar-refractivity contribution in [2.45, 2.75) is 33.2 Å². The van der Waals surface area contributed by atoms with Crippen LogP contribution in [0.3, 0.4) is 0 Å². The zero-order valence-electron chi connectivity index (χ0n) is 17.4. The van der Waals surface area contributed by atoms with E-state index < -0.39 is 5.91 Å². The minimum atomic E-state index is -0.445. The van der Waals surface area contributed by atoms with Crippen molar-refractivity contribution >= 4 is 22.6 Å². The van der Waals surface area contributed by atoms with Gasteiger partial charge in [0.15, 0.2) is 0 Å². The zero-order valence-corrected chi connectivity index (χ0v) is 17.4. The van der Waals surface area contributed by atoms with Gasteiger partial charge in [0.05, 0.1) is 5.52 Å². The van der Waals surface area contributed by atoms with Gasteiger partial charge in [-0.1, -0.05) is 50.2 Å². The summed E-state index contributed by atoms with van der Waals surface area (Å²) in [7, 11) is 0. The first-order valence-corrected chi connectivity index (χ1v) is 10.0. The molecule has 2 heterocycles. The quantitative estimate of drug-likeness (QED) is 0.497. The molecule has 152 valence electrons. The summed E-state index contributed by atoms with van der Waals surface area (Å²) in [6, 6.07) is 17.7. The van der Waals surface area contributed by atoms with Gasteiger partial charge >= 0.3 is 0 Å². The molecule has 0 radical (unpaired) electrons. The first-order valence-electron chi connectivity index (χ1n) is 10.0. The highest BCUT2D eigenvalue weighted by Gasteiger charge is 2.17. The smallest absolute Gasteiger partial charge is 0.249 e. The van der Waals surface area contributed by atoms with Crippen LogP contribution in [-0.4, -0.2) is 20.4 Å². The molecule has 0 aliphatic heterocycles. The molecule has 0 fully saturated rings. The largest absolute Gasteiger partial charge is 0.366 e. The van der Waals surface area contributed by atoms with Gasteiger partial charge in [-0.25, -0.2) is 4.98 Å². The van der Waals surface area contributed by atoms with Crippen molar-refractivity contribution in [1.82, 2.24) is 14.5 Å². The summed E-state index contributed by atoms with van der Waals surface area (Å²) < 4.78 is 1.96. The number of hydrogen-bond donors (Lipinski definition) is 2. The summed E-state index contributed by atoms with van der Waals surface area (Å²) in [6.45, 7) is 6.90. The lowest BCUT2D eigenvalue weighted by Gasteiger charge is -2.16. The molecule has 1 amide bonds. The summed E-state index contributed by atoms with van der Waals surface area (Å²) in [6.07, 6.45) is 1.88. The topological polar surface area (TPSA) is 85.8 Å². The predicted octanol–water partition coefficient (Wildman–Crippen LogP) is 4.56. The molecule has 0 saturated heterocycles. The highest BCUT2D eigenvalue weighted by Crippen LogP contribution is 2.28. The molecule has 4 aromatic rings. The third-order valence-electron chi connectivity index (χ3n) is 5.22. The Hall–Kier alpha value is -3.67. The normalized spacial score (nSPS) is 11.2. The number of aromatic nitrogens is 3. The second-order valence-corrected chi connectivity index (χ2v) is 7.69. The van der Waals surface area contributed by atoms with E-state index in [0.29, 0.717) is 18.1 Å². The lowest BCUT2D eigenvalue weighted by molar-refractivity contribution is 0.100. The van der Waals surface area contributed by atoms with E-state index in [2.05, 4.69) is 36.3 Å². The van der Waals surface area contributed by atoms with Crippen LogP contribution in [0.25, 0.3) is 16.9 Å². The molecule has 6 nitrogen and oxygen atoms in total. The van der Waals surface area contributed by atoms with Crippen molar-refractivity contribution in [1.29, 1.82) is 0 Å². The molecule has 2 aromatic heterocycles. The van der Waals surface area contributed by atoms with E-state index in [1.807, 2.05) is 54.1 Å². The van der Waals surface area contributed by atoms with Crippen molar-refractivity contribution in [2.24, 2.45) is 5.73 Å². The van der Waals surface area contributed by atoms with Crippen LogP contribution in [0.15, 0.2) is 60.8 Å². The Morgan fingerprint density at radius 3 is 2.60 bits per heavy atom. The van der Waals surface area contributed by atoms with Crippen LogP contribution < -0.4 is 11.1 Å². The van der Waals surface area contributed by atoms with E-state index >= 15 is 0 Å². The highest BCUT2D eigenvalue weighted by atomic mass is 16.1. The van der Waals surface area contributed by atoms with Gasteiger partial charge in [0.25, 0.3) is 0 Å². The SMILES string of the molecule is Cc1cc2c(C(N)=O)cccc2n1-c1ncc(C(C)C)c(NCc2ccccc2)n1. The molecule has 6 heteroatoms. The number of rotatable bonds is 6. The van der Waals surface area contributed by atoms with Crippen LogP contribution in [0, 0.1) is 6.92 Å². The van der Waals surface area contributed by atoms with E-state index in [4.69, 9.17) is 10.7 Å². The molecule has 4 rings (SSSR count). The van der Waals surface area contributed by atoms with Gasteiger partial charge in [-0.2, -0.15) is 4.98 Å². The summed E-state index contributed by atoms with van der Waals surface area (Å²) in [5.74, 6) is 1.20. The fourth-order valence-electron chi connectivity index (χ4n) is 3.68. The summed E-state index contributed by atoms with van der Waals surface area (Å²) >= 11 is 0. The number of benzene rings is 2. The predicted molar refractivity (Wildman–Crippen MR) is 120 cm³/mol. The standard InChI is InChI=1S/C24H25N5O/c1-15(2)20-14-27-24(28-23(20)26-13-17-8-5-4-6-9-17)29-16(3)12-19-18(22(25)30)10-7-11-21(19)29/h4-12,14-15H,13H2,1-3H3,(H2,25,30)(H,26,27,28). The molecule has 3 N–H and O–H groups in total. The Morgan fingerprint density at radius 2 is 1.90 bits per heavy atom. The Kier molecular flexibility index (Phi) is 5.23. The fourth-order valence-corrected chi connectivity index (χ4v) is 3.68. The van der Waals surface area contributed by atoms with E-state index in [1.165, 1.54) is 5.56 Å². The number of aryl methyl sites for hydroxylation is 1. The first kappa shape index (κ1) is 19.6. The number of hydrogen-bond acceptors (Lipinski definition) is 4. The number of primary amides is 1. The highest BCUT2D eigenvalue weighted by molar-refractivity contribution is 6.06. The molecule has 0 saturated carbocycles. The number of amides is 1. The number of carbonyl (C=O) groups excluding carboxylic acids is 1. The van der Waals surface area contributed by atoms with E-state index in [0.717, 1.165) is 28.0 Å². The second kappa shape index (κ2) is 7.99. The summed E-state index contributed by atoms with van der Waals surface area (Å²) in [5, 5.41) is 4.28. The lowest BCUT2D eigenvalue weighted by atomic mass is 10.1. The van der Waals surface area contributed by atoms with Gasteiger partial charge in [0, 0.05) is 34.9 Å². The second-order valence-electron chi connectivity index (χ2n) is 7.69. The van der Waals surface area contributed by atoms with Crippen molar-refractivity contribution in [2.75, 3.05) is 5.32 Å². The molecular weight excluding hydrogens is 374 g/mol. The van der Waals surface area contributed by atoms with Gasteiger partial charge in [0.2, 0.25) is 11.9 Å². The van der Waals surface area contributed by atoms with Crippen molar-refractivity contribution in [3.8, 4) is 5.95 Å². The van der Waals surface area contributed by atoms with Gasteiger partial charge in [-0.05, 0) is 36.6 Å². The number of anilines is 1. The summed E-state index contributed by atoms with van der Waals surface area (Å²) in [5.41, 5.74) is 10.1. The molecule has 0 unspecified atom stereocenters.